The van der Waals surface area contributed by atoms with Gasteiger partial charge < -0.3 is 20.3 Å². The summed E-state index contributed by atoms with van der Waals surface area (Å²) in [5.74, 6) is 0.0484. The van der Waals surface area contributed by atoms with Gasteiger partial charge in [-0.25, -0.2) is 4.79 Å². The zero-order valence-corrected chi connectivity index (χ0v) is 15.2. The highest BCUT2D eigenvalue weighted by molar-refractivity contribution is 5.77. The van der Waals surface area contributed by atoms with E-state index in [1.165, 1.54) is 5.56 Å². The van der Waals surface area contributed by atoms with Crippen LogP contribution in [0.3, 0.4) is 0 Å². The lowest BCUT2D eigenvalue weighted by Gasteiger charge is -2.31. The first-order chi connectivity index (χ1) is 12.1. The molecule has 1 aliphatic rings. The fraction of sp³-hybridized carbons (Fsp3) is 0.579. The van der Waals surface area contributed by atoms with Crippen molar-refractivity contribution in [3.63, 3.8) is 0 Å². The Morgan fingerprint density at radius 3 is 2.44 bits per heavy atom. The molecule has 1 aliphatic heterocycles. The van der Waals surface area contributed by atoms with Crippen molar-refractivity contribution in [2.24, 2.45) is 0 Å². The minimum Gasteiger partial charge on any atom is -0.450 e. The number of likely N-dealkylation sites (tertiary alicyclic amines) is 1. The number of anilines is 1. The molecule has 138 valence electrons. The molecule has 1 heterocycles. The number of ether oxygens (including phenoxy) is 1. The summed E-state index contributed by atoms with van der Waals surface area (Å²) in [5.41, 5.74) is 2.34. The van der Waals surface area contributed by atoms with E-state index in [2.05, 4.69) is 29.7 Å². The van der Waals surface area contributed by atoms with Gasteiger partial charge in [-0.1, -0.05) is 19.1 Å². The summed E-state index contributed by atoms with van der Waals surface area (Å²) < 4.78 is 5.00. The normalized spacial score (nSPS) is 14.9. The average Bonchev–Trinajstić information content (AvgIpc) is 2.63. The standard InChI is InChI=1S/C19H29N3O3/c1-3-15-5-7-16(8-6-15)20-12-9-18(23)21-17-10-13-22(14-11-17)19(24)25-4-2/h5-8,17,20H,3-4,9-14H2,1-2H3,(H,21,23). The Morgan fingerprint density at radius 1 is 1.16 bits per heavy atom. The molecule has 0 spiro atoms. The van der Waals surface area contributed by atoms with E-state index in [1.54, 1.807) is 11.8 Å². The van der Waals surface area contributed by atoms with Gasteiger partial charge in [0, 0.05) is 37.8 Å². The second kappa shape index (κ2) is 9.91. The quantitative estimate of drug-likeness (QED) is 0.796. The van der Waals surface area contributed by atoms with E-state index in [1.807, 2.05) is 12.1 Å². The van der Waals surface area contributed by atoms with E-state index in [0.717, 1.165) is 24.9 Å². The number of benzene rings is 1. The van der Waals surface area contributed by atoms with E-state index in [-0.39, 0.29) is 18.0 Å². The number of amides is 2. The summed E-state index contributed by atoms with van der Waals surface area (Å²) in [4.78, 5) is 25.4. The van der Waals surface area contributed by atoms with Crippen LogP contribution in [0.2, 0.25) is 0 Å². The molecule has 6 nitrogen and oxygen atoms in total. The Balaban J connectivity index is 1.63. The number of hydrogen-bond donors (Lipinski definition) is 2. The van der Waals surface area contributed by atoms with Gasteiger partial charge in [0.2, 0.25) is 5.91 Å². The molecule has 2 N–H and O–H groups in total. The molecule has 0 bridgehead atoms. The van der Waals surface area contributed by atoms with Crippen molar-refractivity contribution in [2.75, 3.05) is 31.6 Å². The van der Waals surface area contributed by atoms with Crippen LogP contribution in [0, 0.1) is 0 Å². The van der Waals surface area contributed by atoms with Crippen LogP contribution >= 0.6 is 0 Å². The van der Waals surface area contributed by atoms with Crippen LogP contribution in [-0.4, -0.2) is 49.2 Å². The molecule has 25 heavy (non-hydrogen) atoms. The van der Waals surface area contributed by atoms with Crippen LogP contribution in [0.15, 0.2) is 24.3 Å². The Bertz CT molecular complexity index is 552. The molecule has 0 unspecified atom stereocenters. The summed E-state index contributed by atoms with van der Waals surface area (Å²) in [6.45, 7) is 6.20. The van der Waals surface area contributed by atoms with Gasteiger partial charge >= 0.3 is 6.09 Å². The fourth-order valence-electron chi connectivity index (χ4n) is 2.90. The van der Waals surface area contributed by atoms with Gasteiger partial charge in [0.05, 0.1) is 6.61 Å². The van der Waals surface area contributed by atoms with Crippen LogP contribution in [0.5, 0.6) is 0 Å². The third kappa shape index (κ3) is 6.29. The number of carbonyl (C=O) groups excluding carboxylic acids is 2. The van der Waals surface area contributed by atoms with Crippen LogP contribution in [0.1, 0.15) is 38.7 Å². The molecule has 1 saturated heterocycles. The topological polar surface area (TPSA) is 70.7 Å². The smallest absolute Gasteiger partial charge is 0.409 e. The van der Waals surface area contributed by atoms with Crippen molar-refractivity contribution in [1.82, 2.24) is 10.2 Å². The Kier molecular flexibility index (Phi) is 7.57. The number of hydrogen-bond acceptors (Lipinski definition) is 4. The number of nitrogens with one attached hydrogen (secondary N) is 2. The zero-order valence-electron chi connectivity index (χ0n) is 15.2. The largest absolute Gasteiger partial charge is 0.450 e. The highest BCUT2D eigenvalue weighted by atomic mass is 16.6. The van der Waals surface area contributed by atoms with E-state index < -0.39 is 0 Å². The fourth-order valence-corrected chi connectivity index (χ4v) is 2.90. The minimum absolute atomic E-state index is 0.0484. The molecule has 0 radical (unpaired) electrons. The molecular weight excluding hydrogens is 318 g/mol. The predicted octanol–water partition coefficient (Wildman–Crippen LogP) is 2.79. The lowest BCUT2D eigenvalue weighted by molar-refractivity contribution is -0.121. The number of nitrogens with zero attached hydrogens (tertiary/aromatic N) is 1. The van der Waals surface area contributed by atoms with Gasteiger partial charge in [-0.15, -0.1) is 0 Å². The molecule has 2 rings (SSSR count). The lowest BCUT2D eigenvalue weighted by atomic mass is 10.1. The van der Waals surface area contributed by atoms with E-state index in [9.17, 15) is 9.59 Å². The van der Waals surface area contributed by atoms with Crippen LogP contribution < -0.4 is 10.6 Å². The molecule has 0 atom stereocenters. The minimum atomic E-state index is -0.259. The van der Waals surface area contributed by atoms with E-state index in [0.29, 0.717) is 32.7 Å². The first-order valence-corrected chi connectivity index (χ1v) is 9.16. The molecule has 1 aromatic carbocycles. The molecule has 0 aromatic heterocycles. The first-order valence-electron chi connectivity index (χ1n) is 9.16. The summed E-state index contributed by atoms with van der Waals surface area (Å²) in [7, 11) is 0. The van der Waals surface area contributed by atoms with Gasteiger partial charge in [-0.2, -0.15) is 0 Å². The number of piperidine rings is 1. The van der Waals surface area contributed by atoms with Crippen molar-refractivity contribution in [2.45, 2.75) is 45.6 Å². The second-order valence-electron chi connectivity index (χ2n) is 6.26. The third-order valence-electron chi connectivity index (χ3n) is 4.43. The maximum absolute atomic E-state index is 12.1. The second-order valence-corrected chi connectivity index (χ2v) is 6.26. The number of rotatable bonds is 7. The zero-order chi connectivity index (χ0) is 18.1. The maximum atomic E-state index is 12.1. The SMILES string of the molecule is CCOC(=O)N1CCC(NC(=O)CCNc2ccc(CC)cc2)CC1. The Hall–Kier alpha value is -2.24. The van der Waals surface area contributed by atoms with E-state index >= 15 is 0 Å². The van der Waals surface area contributed by atoms with Crippen molar-refractivity contribution >= 4 is 17.7 Å². The highest BCUT2D eigenvalue weighted by Crippen LogP contribution is 2.12. The van der Waals surface area contributed by atoms with Gasteiger partial charge in [0.15, 0.2) is 0 Å². The summed E-state index contributed by atoms with van der Waals surface area (Å²) >= 11 is 0. The number of aryl methyl sites for hydroxylation is 1. The van der Waals surface area contributed by atoms with Crippen LogP contribution in [-0.2, 0) is 16.0 Å². The molecule has 0 saturated carbocycles. The monoisotopic (exact) mass is 347 g/mol. The molecule has 1 aromatic rings. The highest BCUT2D eigenvalue weighted by Gasteiger charge is 2.24. The van der Waals surface area contributed by atoms with Gasteiger partial charge in [-0.05, 0) is 43.9 Å². The predicted molar refractivity (Wildman–Crippen MR) is 98.7 cm³/mol. The molecule has 0 aliphatic carbocycles. The van der Waals surface area contributed by atoms with Gasteiger partial charge in [0.1, 0.15) is 0 Å². The Morgan fingerprint density at radius 2 is 1.84 bits per heavy atom. The lowest BCUT2D eigenvalue weighted by Crippen LogP contribution is -2.46. The molecule has 6 heteroatoms. The van der Waals surface area contributed by atoms with Crippen molar-refractivity contribution < 1.29 is 14.3 Å². The van der Waals surface area contributed by atoms with Crippen molar-refractivity contribution in [3.05, 3.63) is 29.8 Å². The first kappa shape index (κ1) is 19.1. The summed E-state index contributed by atoms with van der Waals surface area (Å²) in [6.07, 6.45) is 2.75. The molecular formula is C19H29N3O3. The molecule has 1 fully saturated rings. The number of carbonyl (C=O) groups is 2. The Labute approximate surface area is 149 Å². The molecule has 2 amide bonds. The van der Waals surface area contributed by atoms with Gasteiger partial charge in [0.25, 0.3) is 0 Å². The summed E-state index contributed by atoms with van der Waals surface area (Å²) in [6, 6.07) is 8.42. The van der Waals surface area contributed by atoms with E-state index in [4.69, 9.17) is 4.74 Å². The maximum Gasteiger partial charge on any atom is 0.409 e. The van der Waals surface area contributed by atoms with Crippen molar-refractivity contribution in [3.8, 4) is 0 Å². The van der Waals surface area contributed by atoms with Crippen LogP contribution in [0.25, 0.3) is 0 Å². The van der Waals surface area contributed by atoms with Gasteiger partial charge in [-0.3, -0.25) is 4.79 Å². The average molecular weight is 347 g/mol. The third-order valence-corrected chi connectivity index (χ3v) is 4.43. The van der Waals surface area contributed by atoms with Crippen LogP contribution in [0.4, 0.5) is 10.5 Å². The van der Waals surface area contributed by atoms with Crippen molar-refractivity contribution in [1.29, 1.82) is 0 Å². The summed E-state index contributed by atoms with van der Waals surface area (Å²) in [5, 5.41) is 6.33.